The Kier molecular flexibility index (Phi) is 4.39. The van der Waals surface area contributed by atoms with Gasteiger partial charge in [-0.05, 0) is 17.7 Å². The molecule has 6 heteroatoms. The summed E-state index contributed by atoms with van der Waals surface area (Å²) in [6.45, 7) is 1.45. The van der Waals surface area contributed by atoms with Crippen LogP contribution in [0.1, 0.15) is 17.4 Å². The fraction of sp³-hybridized carbons (Fsp3) is 0.231. The summed E-state index contributed by atoms with van der Waals surface area (Å²) in [6.07, 6.45) is 0.650. The number of carbonyl (C=O) groups excluding carboxylic acids is 1. The van der Waals surface area contributed by atoms with E-state index in [1.807, 2.05) is 24.3 Å². The summed E-state index contributed by atoms with van der Waals surface area (Å²) < 4.78 is 5.11. The number of rotatable bonds is 4. The molecular weight excluding hydrogens is 284 g/mol. The number of carbonyl (C=O) groups is 1. The normalized spacial score (nSPS) is 10.3. The molecule has 0 saturated heterocycles. The van der Waals surface area contributed by atoms with Crippen LogP contribution in [-0.4, -0.2) is 18.0 Å². The van der Waals surface area contributed by atoms with Crippen molar-refractivity contribution in [3.63, 3.8) is 0 Å². The largest absolute Gasteiger partial charge is 0.473 e. The SMILES string of the molecule is COc1nc(NC(C)=O)c(Cc2cccc(Cl)c2)s1. The monoisotopic (exact) mass is 296 g/mol. The van der Waals surface area contributed by atoms with E-state index in [2.05, 4.69) is 10.3 Å². The molecule has 0 atom stereocenters. The molecular formula is C13H13ClN2O2S. The molecule has 4 nitrogen and oxygen atoms in total. The van der Waals surface area contributed by atoms with Gasteiger partial charge in [0.05, 0.1) is 12.0 Å². The Morgan fingerprint density at radius 2 is 2.32 bits per heavy atom. The zero-order valence-electron chi connectivity index (χ0n) is 10.6. The smallest absolute Gasteiger partial charge is 0.275 e. The Labute approximate surface area is 120 Å². The van der Waals surface area contributed by atoms with E-state index in [-0.39, 0.29) is 5.91 Å². The van der Waals surface area contributed by atoms with Crippen molar-refractivity contribution >= 4 is 34.7 Å². The molecule has 0 unspecified atom stereocenters. The van der Waals surface area contributed by atoms with Crippen molar-refractivity contribution in [1.82, 2.24) is 4.98 Å². The lowest BCUT2D eigenvalue weighted by Gasteiger charge is -2.03. The van der Waals surface area contributed by atoms with Gasteiger partial charge in [-0.25, -0.2) is 0 Å². The maximum Gasteiger partial charge on any atom is 0.275 e. The Morgan fingerprint density at radius 1 is 1.53 bits per heavy atom. The molecule has 1 heterocycles. The van der Waals surface area contributed by atoms with Crippen LogP contribution < -0.4 is 10.1 Å². The summed E-state index contributed by atoms with van der Waals surface area (Å²) in [5, 5.41) is 3.93. The highest BCUT2D eigenvalue weighted by molar-refractivity contribution is 7.14. The molecule has 0 aliphatic heterocycles. The standard InChI is InChI=1S/C13H13ClN2O2S/c1-8(17)15-12-11(19-13(16-12)18-2)7-9-4-3-5-10(14)6-9/h3-6H,7H2,1-2H3,(H,15,17). The zero-order valence-corrected chi connectivity index (χ0v) is 12.1. The van der Waals surface area contributed by atoms with Gasteiger partial charge >= 0.3 is 0 Å². The summed E-state index contributed by atoms with van der Waals surface area (Å²) in [7, 11) is 1.56. The predicted octanol–water partition coefficient (Wildman–Crippen LogP) is 3.35. The first-order valence-electron chi connectivity index (χ1n) is 5.64. The highest BCUT2D eigenvalue weighted by atomic mass is 35.5. The van der Waals surface area contributed by atoms with Gasteiger partial charge in [-0.1, -0.05) is 35.1 Å². The first-order valence-corrected chi connectivity index (χ1v) is 6.83. The molecule has 1 N–H and O–H groups in total. The van der Waals surface area contributed by atoms with Crippen molar-refractivity contribution in [3.05, 3.63) is 39.7 Å². The fourth-order valence-corrected chi connectivity index (χ4v) is 2.71. The molecule has 19 heavy (non-hydrogen) atoms. The van der Waals surface area contributed by atoms with Gasteiger partial charge in [-0.3, -0.25) is 4.79 Å². The molecule has 0 aliphatic carbocycles. The summed E-state index contributed by atoms with van der Waals surface area (Å²) in [5.41, 5.74) is 1.06. The van der Waals surface area contributed by atoms with Crippen LogP contribution in [0.2, 0.25) is 5.02 Å². The zero-order chi connectivity index (χ0) is 13.8. The summed E-state index contributed by atoms with van der Waals surface area (Å²) in [4.78, 5) is 16.3. The lowest BCUT2D eigenvalue weighted by atomic mass is 10.1. The van der Waals surface area contributed by atoms with Crippen LogP contribution >= 0.6 is 22.9 Å². The molecule has 0 spiro atoms. The lowest BCUT2D eigenvalue weighted by Crippen LogP contribution is -2.08. The predicted molar refractivity (Wildman–Crippen MR) is 77.2 cm³/mol. The number of aromatic nitrogens is 1. The number of benzene rings is 1. The summed E-state index contributed by atoms with van der Waals surface area (Å²) in [5.74, 6) is 0.398. The van der Waals surface area contributed by atoms with Crippen LogP contribution in [0.3, 0.4) is 0 Å². The maximum absolute atomic E-state index is 11.2. The Balaban J connectivity index is 2.27. The van der Waals surface area contributed by atoms with Gasteiger partial charge in [-0.15, -0.1) is 0 Å². The molecule has 100 valence electrons. The van der Waals surface area contributed by atoms with Crippen molar-refractivity contribution in [2.24, 2.45) is 0 Å². The summed E-state index contributed by atoms with van der Waals surface area (Å²) >= 11 is 7.37. The fourth-order valence-electron chi connectivity index (χ4n) is 1.63. The second kappa shape index (κ2) is 6.04. The molecule has 1 amide bonds. The quantitative estimate of drug-likeness (QED) is 0.941. The number of halogens is 1. The third-order valence-electron chi connectivity index (χ3n) is 2.40. The van der Waals surface area contributed by atoms with Crippen molar-refractivity contribution in [2.45, 2.75) is 13.3 Å². The molecule has 2 rings (SSSR count). The van der Waals surface area contributed by atoms with E-state index < -0.39 is 0 Å². The number of hydrogen-bond acceptors (Lipinski definition) is 4. The molecule has 1 aromatic heterocycles. The molecule has 0 saturated carbocycles. The number of methoxy groups -OCH3 is 1. The maximum atomic E-state index is 11.2. The van der Waals surface area contributed by atoms with E-state index in [0.717, 1.165) is 10.4 Å². The number of nitrogens with zero attached hydrogens (tertiary/aromatic N) is 1. The van der Waals surface area contributed by atoms with Gasteiger partial charge in [0.25, 0.3) is 5.19 Å². The molecule has 2 aromatic rings. The highest BCUT2D eigenvalue weighted by Gasteiger charge is 2.13. The lowest BCUT2D eigenvalue weighted by molar-refractivity contribution is -0.114. The van der Waals surface area contributed by atoms with E-state index in [9.17, 15) is 4.79 Å². The van der Waals surface area contributed by atoms with Crippen LogP contribution in [-0.2, 0) is 11.2 Å². The van der Waals surface area contributed by atoms with Crippen LogP contribution in [0.15, 0.2) is 24.3 Å². The van der Waals surface area contributed by atoms with Crippen LogP contribution in [0.4, 0.5) is 5.82 Å². The minimum Gasteiger partial charge on any atom is -0.473 e. The summed E-state index contributed by atoms with van der Waals surface area (Å²) in [6, 6.07) is 7.60. The first-order chi connectivity index (χ1) is 9.08. The Morgan fingerprint density at radius 3 is 2.95 bits per heavy atom. The van der Waals surface area contributed by atoms with Crippen molar-refractivity contribution in [2.75, 3.05) is 12.4 Å². The van der Waals surface area contributed by atoms with Crippen LogP contribution in [0.25, 0.3) is 0 Å². The van der Waals surface area contributed by atoms with Gasteiger partial charge < -0.3 is 10.1 Å². The van der Waals surface area contributed by atoms with Crippen molar-refractivity contribution < 1.29 is 9.53 Å². The van der Waals surface area contributed by atoms with Crippen LogP contribution in [0.5, 0.6) is 5.19 Å². The molecule has 0 radical (unpaired) electrons. The van der Waals surface area contributed by atoms with Crippen molar-refractivity contribution in [3.8, 4) is 5.19 Å². The van der Waals surface area contributed by atoms with E-state index in [1.54, 1.807) is 7.11 Å². The Hall–Kier alpha value is -1.59. The van der Waals surface area contributed by atoms with E-state index in [1.165, 1.54) is 18.3 Å². The van der Waals surface area contributed by atoms with Gasteiger partial charge in [-0.2, -0.15) is 4.98 Å². The van der Waals surface area contributed by atoms with Gasteiger partial charge in [0.15, 0.2) is 5.82 Å². The number of nitrogens with one attached hydrogen (secondary N) is 1. The average molecular weight is 297 g/mol. The van der Waals surface area contributed by atoms with Crippen molar-refractivity contribution in [1.29, 1.82) is 0 Å². The van der Waals surface area contributed by atoms with Gasteiger partial charge in [0, 0.05) is 18.4 Å². The topological polar surface area (TPSA) is 51.2 Å². The number of thiazole rings is 1. The Bertz CT molecular complexity index is 598. The van der Waals surface area contributed by atoms with E-state index in [4.69, 9.17) is 16.3 Å². The number of amides is 1. The van der Waals surface area contributed by atoms with Crippen LogP contribution in [0, 0.1) is 0 Å². The van der Waals surface area contributed by atoms with Gasteiger partial charge in [0.2, 0.25) is 5.91 Å². The number of hydrogen-bond donors (Lipinski definition) is 1. The number of anilines is 1. The molecule has 0 aliphatic rings. The molecule has 0 bridgehead atoms. The average Bonchev–Trinajstić information content (AvgIpc) is 2.71. The van der Waals surface area contributed by atoms with E-state index in [0.29, 0.717) is 22.5 Å². The van der Waals surface area contributed by atoms with Gasteiger partial charge in [0.1, 0.15) is 0 Å². The minimum atomic E-state index is -0.153. The third kappa shape index (κ3) is 3.68. The molecule has 1 aromatic carbocycles. The second-order valence-corrected chi connectivity index (χ2v) is 5.43. The third-order valence-corrected chi connectivity index (χ3v) is 3.65. The minimum absolute atomic E-state index is 0.153. The highest BCUT2D eigenvalue weighted by Crippen LogP contribution is 2.31. The second-order valence-electron chi connectivity index (χ2n) is 3.94. The molecule has 0 fully saturated rings. The first kappa shape index (κ1) is 13.8. The number of ether oxygens (including phenoxy) is 1. The van der Waals surface area contributed by atoms with E-state index >= 15 is 0 Å².